The number of benzene rings is 1. The minimum absolute atomic E-state index is 0.0323. The SMILES string of the molecule is COc1ccc([C@H](CC(=O)O)CC(=O)Nc2cc(C)on2)cc1. The van der Waals surface area contributed by atoms with Gasteiger partial charge in [0.15, 0.2) is 5.82 Å². The number of anilines is 1. The fraction of sp³-hybridized carbons (Fsp3) is 0.312. The minimum atomic E-state index is -0.962. The van der Waals surface area contributed by atoms with Gasteiger partial charge in [-0.3, -0.25) is 9.59 Å². The highest BCUT2D eigenvalue weighted by molar-refractivity contribution is 5.90. The Morgan fingerprint density at radius 3 is 2.52 bits per heavy atom. The average Bonchev–Trinajstić information content (AvgIpc) is 2.91. The molecular weight excluding hydrogens is 300 g/mol. The lowest BCUT2D eigenvalue weighted by atomic mass is 9.92. The van der Waals surface area contributed by atoms with Gasteiger partial charge in [-0.15, -0.1) is 0 Å². The Labute approximate surface area is 133 Å². The number of aryl methyl sites for hydroxylation is 1. The van der Waals surface area contributed by atoms with Crippen LogP contribution < -0.4 is 10.1 Å². The summed E-state index contributed by atoms with van der Waals surface area (Å²) in [6, 6.07) is 8.60. The monoisotopic (exact) mass is 318 g/mol. The van der Waals surface area contributed by atoms with Crippen molar-refractivity contribution in [3.63, 3.8) is 0 Å². The smallest absolute Gasteiger partial charge is 0.303 e. The van der Waals surface area contributed by atoms with Crippen LogP contribution in [0.1, 0.15) is 30.1 Å². The highest BCUT2D eigenvalue weighted by Crippen LogP contribution is 2.26. The summed E-state index contributed by atoms with van der Waals surface area (Å²) in [6.07, 6.45) is -0.109. The van der Waals surface area contributed by atoms with Crippen LogP contribution in [0.5, 0.6) is 5.75 Å². The molecule has 0 unspecified atom stereocenters. The molecule has 7 nitrogen and oxygen atoms in total. The number of nitrogens with one attached hydrogen (secondary N) is 1. The lowest BCUT2D eigenvalue weighted by Crippen LogP contribution is -2.18. The molecule has 122 valence electrons. The summed E-state index contributed by atoms with van der Waals surface area (Å²) >= 11 is 0. The number of carboxylic acid groups (broad SMARTS) is 1. The van der Waals surface area contributed by atoms with Crippen molar-refractivity contribution in [3.8, 4) is 5.75 Å². The van der Waals surface area contributed by atoms with Gasteiger partial charge in [0.2, 0.25) is 5.91 Å². The van der Waals surface area contributed by atoms with E-state index in [4.69, 9.17) is 14.4 Å². The Bertz CT molecular complexity index is 678. The predicted molar refractivity (Wildman–Crippen MR) is 82.5 cm³/mol. The number of aliphatic carboxylic acids is 1. The van der Waals surface area contributed by atoms with Crippen molar-refractivity contribution >= 4 is 17.7 Å². The summed E-state index contributed by atoms with van der Waals surface area (Å²) in [5, 5.41) is 15.3. The maximum atomic E-state index is 12.1. The molecule has 0 spiro atoms. The zero-order valence-corrected chi connectivity index (χ0v) is 12.9. The van der Waals surface area contributed by atoms with E-state index in [1.807, 2.05) is 0 Å². The molecule has 2 N–H and O–H groups in total. The van der Waals surface area contributed by atoms with Crippen molar-refractivity contribution in [1.29, 1.82) is 0 Å². The number of hydrogen-bond acceptors (Lipinski definition) is 5. The Balaban J connectivity index is 2.07. The minimum Gasteiger partial charge on any atom is -0.497 e. The number of aromatic nitrogens is 1. The van der Waals surface area contributed by atoms with Crippen molar-refractivity contribution in [3.05, 3.63) is 41.7 Å². The van der Waals surface area contributed by atoms with Gasteiger partial charge < -0.3 is 19.7 Å². The summed E-state index contributed by atoms with van der Waals surface area (Å²) in [5.41, 5.74) is 0.764. The average molecular weight is 318 g/mol. The van der Waals surface area contributed by atoms with Crippen LogP contribution in [0.3, 0.4) is 0 Å². The summed E-state index contributed by atoms with van der Waals surface area (Å²) in [5.74, 6) is -0.151. The van der Waals surface area contributed by atoms with E-state index in [1.54, 1.807) is 44.4 Å². The Hall–Kier alpha value is -2.83. The molecule has 0 radical (unpaired) electrons. The Kier molecular flexibility index (Phi) is 5.35. The van der Waals surface area contributed by atoms with Crippen molar-refractivity contribution in [1.82, 2.24) is 5.16 Å². The topological polar surface area (TPSA) is 102 Å². The van der Waals surface area contributed by atoms with Crippen molar-refractivity contribution in [2.24, 2.45) is 0 Å². The number of methoxy groups -OCH3 is 1. The van der Waals surface area contributed by atoms with Crippen LogP contribution in [0.2, 0.25) is 0 Å². The second kappa shape index (κ2) is 7.44. The molecule has 0 saturated heterocycles. The highest BCUT2D eigenvalue weighted by Gasteiger charge is 2.20. The molecule has 0 bridgehead atoms. The lowest BCUT2D eigenvalue weighted by molar-refractivity contribution is -0.137. The molecular formula is C16H18N2O5. The first kappa shape index (κ1) is 16.5. The third-order valence-corrected chi connectivity index (χ3v) is 3.34. The van der Waals surface area contributed by atoms with Gasteiger partial charge in [0.1, 0.15) is 11.5 Å². The Morgan fingerprint density at radius 1 is 1.30 bits per heavy atom. The number of amides is 1. The van der Waals surface area contributed by atoms with Gasteiger partial charge in [0, 0.05) is 18.4 Å². The highest BCUT2D eigenvalue weighted by atomic mass is 16.5. The third-order valence-electron chi connectivity index (χ3n) is 3.34. The first-order valence-electron chi connectivity index (χ1n) is 7.07. The molecule has 0 aliphatic rings. The fourth-order valence-electron chi connectivity index (χ4n) is 2.24. The number of rotatable bonds is 7. The number of carboxylic acids is 1. The summed E-state index contributed by atoms with van der Waals surface area (Å²) < 4.78 is 9.95. The van der Waals surface area contributed by atoms with E-state index in [0.29, 0.717) is 17.3 Å². The molecule has 2 rings (SSSR count). The second-order valence-corrected chi connectivity index (χ2v) is 5.14. The van der Waals surface area contributed by atoms with E-state index in [0.717, 1.165) is 5.56 Å². The van der Waals surface area contributed by atoms with E-state index >= 15 is 0 Å². The van der Waals surface area contributed by atoms with Gasteiger partial charge in [-0.05, 0) is 24.6 Å². The predicted octanol–water partition coefficient (Wildman–Crippen LogP) is 2.58. The molecule has 1 aromatic carbocycles. The zero-order chi connectivity index (χ0) is 16.8. The number of carbonyl (C=O) groups excluding carboxylic acids is 1. The largest absolute Gasteiger partial charge is 0.497 e. The second-order valence-electron chi connectivity index (χ2n) is 5.14. The maximum Gasteiger partial charge on any atom is 0.303 e. The number of hydrogen-bond donors (Lipinski definition) is 2. The van der Waals surface area contributed by atoms with Crippen LogP contribution in [0, 0.1) is 6.92 Å². The first-order valence-corrected chi connectivity index (χ1v) is 7.07. The Morgan fingerprint density at radius 2 is 2.00 bits per heavy atom. The van der Waals surface area contributed by atoms with Crippen LogP contribution in [-0.2, 0) is 9.59 Å². The molecule has 7 heteroatoms. The fourth-order valence-corrected chi connectivity index (χ4v) is 2.24. The first-order chi connectivity index (χ1) is 11.0. The molecule has 0 aliphatic carbocycles. The van der Waals surface area contributed by atoms with Crippen LogP contribution >= 0.6 is 0 Å². The molecule has 2 aromatic rings. The number of ether oxygens (including phenoxy) is 1. The lowest BCUT2D eigenvalue weighted by Gasteiger charge is -2.15. The molecule has 0 saturated carbocycles. The van der Waals surface area contributed by atoms with E-state index in [9.17, 15) is 9.59 Å². The molecule has 1 heterocycles. The number of nitrogens with zero attached hydrogens (tertiary/aromatic N) is 1. The van der Waals surface area contributed by atoms with Crippen molar-refractivity contribution in [2.75, 3.05) is 12.4 Å². The quantitative estimate of drug-likeness (QED) is 0.813. The molecule has 0 fully saturated rings. The molecule has 0 aliphatic heterocycles. The van der Waals surface area contributed by atoms with Gasteiger partial charge in [0.25, 0.3) is 0 Å². The summed E-state index contributed by atoms with van der Waals surface area (Å²) in [7, 11) is 1.55. The van der Waals surface area contributed by atoms with Gasteiger partial charge in [-0.25, -0.2) is 0 Å². The van der Waals surface area contributed by atoms with Crippen molar-refractivity contribution in [2.45, 2.75) is 25.7 Å². The molecule has 1 aromatic heterocycles. The van der Waals surface area contributed by atoms with Gasteiger partial charge in [-0.1, -0.05) is 17.3 Å². The normalized spacial score (nSPS) is 11.7. The van der Waals surface area contributed by atoms with Crippen LogP contribution in [0.4, 0.5) is 5.82 Å². The molecule has 1 amide bonds. The molecule has 1 atom stereocenters. The third kappa shape index (κ3) is 4.84. The van der Waals surface area contributed by atoms with E-state index in [1.165, 1.54) is 0 Å². The summed E-state index contributed by atoms with van der Waals surface area (Å²) in [4.78, 5) is 23.2. The molecule has 23 heavy (non-hydrogen) atoms. The van der Waals surface area contributed by atoms with Crippen LogP contribution in [0.15, 0.2) is 34.9 Å². The van der Waals surface area contributed by atoms with Gasteiger partial charge >= 0.3 is 5.97 Å². The maximum absolute atomic E-state index is 12.1. The number of carbonyl (C=O) groups is 2. The zero-order valence-electron chi connectivity index (χ0n) is 12.9. The standard InChI is InChI=1S/C16H18N2O5/c1-10-7-14(18-23-10)17-15(19)8-12(9-16(20)21)11-3-5-13(22-2)6-4-11/h3-7,12H,8-9H2,1-2H3,(H,20,21)(H,17,18,19)/t12-/m0/s1. The van der Waals surface area contributed by atoms with E-state index < -0.39 is 11.9 Å². The van der Waals surface area contributed by atoms with Crippen molar-refractivity contribution < 1.29 is 24.0 Å². The van der Waals surface area contributed by atoms with Crippen LogP contribution in [0.25, 0.3) is 0 Å². The van der Waals surface area contributed by atoms with Gasteiger partial charge in [-0.2, -0.15) is 0 Å². The van der Waals surface area contributed by atoms with Gasteiger partial charge in [0.05, 0.1) is 13.5 Å². The van der Waals surface area contributed by atoms with E-state index in [-0.39, 0.29) is 18.7 Å². The van der Waals surface area contributed by atoms with Crippen LogP contribution in [-0.4, -0.2) is 29.2 Å². The summed E-state index contributed by atoms with van der Waals surface area (Å²) in [6.45, 7) is 1.72. The van der Waals surface area contributed by atoms with E-state index in [2.05, 4.69) is 10.5 Å².